The highest BCUT2D eigenvalue weighted by Gasteiger charge is 2.23. The lowest BCUT2D eigenvalue weighted by molar-refractivity contribution is 0.0898. The van der Waals surface area contributed by atoms with E-state index in [2.05, 4.69) is 27.3 Å². The van der Waals surface area contributed by atoms with Crippen LogP contribution in [0.25, 0.3) is 4.96 Å². The minimum Gasteiger partial charge on any atom is -0.348 e. The molecule has 1 atom stereocenters. The third kappa shape index (κ3) is 3.79. The predicted octanol–water partition coefficient (Wildman–Crippen LogP) is 2.46. The maximum atomic E-state index is 12.7. The number of aryl methyl sites for hydroxylation is 1. The molecule has 1 fully saturated rings. The Kier molecular flexibility index (Phi) is 5.05. The van der Waals surface area contributed by atoms with Crippen LogP contribution in [0.3, 0.4) is 0 Å². The molecule has 27 heavy (non-hydrogen) atoms. The van der Waals surface area contributed by atoms with E-state index in [9.17, 15) is 9.59 Å². The van der Waals surface area contributed by atoms with E-state index in [0.717, 1.165) is 38.2 Å². The van der Waals surface area contributed by atoms with E-state index < -0.39 is 0 Å². The summed E-state index contributed by atoms with van der Waals surface area (Å²) < 4.78 is 1.50. The van der Waals surface area contributed by atoms with Gasteiger partial charge >= 0.3 is 0 Å². The molecule has 0 spiro atoms. The van der Waals surface area contributed by atoms with Crippen LogP contribution in [0.5, 0.6) is 0 Å². The van der Waals surface area contributed by atoms with E-state index in [4.69, 9.17) is 0 Å². The van der Waals surface area contributed by atoms with E-state index >= 15 is 0 Å². The van der Waals surface area contributed by atoms with Gasteiger partial charge in [-0.3, -0.25) is 18.9 Å². The molecule has 140 valence electrons. The summed E-state index contributed by atoms with van der Waals surface area (Å²) in [5.41, 5.74) is 1.88. The number of hydrogen-bond donors (Lipinski definition) is 1. The Balaban J connectivity index is 1.45. The minimum atomic E-state index is -0.334. The van der Waals surface area contributed by atoms with Crippen LogP contribution in [-0.2, 0) is 6.54 Å². The molecule has 6 nitrogen and oxygen atoms in total. The number of benzene rings is 1. The molecule has 0 bridgehead atoms. The van der Waals surface area contributed by atoms with Gasteiger partial charge in [0.05, 0.1) is 0 Å². The van der Waals surface area contributed by atoms with Gasteiger partial charge in [-0.2, -0.15) is 0 Å². The lowest BCUT2D eigenvalue weighted by atomic mass is 10.0. The molecule has 7 heteroatoms. The second kappa shape index (κ2) is 7.62. The zero-order chi connectivity index (χ0) is 18.8. The summed E-state index contributed by atoms with van der Waals surface area (Å²) in [5.74, 6) is -0.334. The molecule has 3 heterocycles. The summed E-state index contributed by atoms with van der Waals surface area (Å²) >= 11 is 1.40. The highest BCUT2D eigenvalue weighted by atomic mass is 32.1. The fourth-order valence-electron chi connectivity index (χ4n) is 3.60. The summed E-state index contributed by atoms with van der Waals surface area (Å²) in [5, 5.41) is 4.91. The van der Waals surface area contributed by atoms with Crippen molar-refractivity contribution in [3.05, 3.63) is 69.1 Å². The third-order valence-electron chi connectivity index (χ3n) is 4.95. The maximum Gasteiger partial charge on any atom is 0.271 e. The first-order valence-corrected chi connectivity index (χ1v) is 10.0. The number of thiazole rings is 1. The Hall–Kier alpha value is -2.51. The van der Waals surface area contributed by atoms with Crippen LogP contribution in [0.1, 0.15) is 34.5 Å². The van der Waals surface area contributed by atoms with Crippen LogP contribution >= 0.6 is 11.3 Å². The van der Waals surface area contributed by atoms with E-state index in [1.54, 1.807) is 0 Å². The topological polar surface area (TPSA) is 66.7 Å². The summed E-state index contributed by atoms with van der Waals surface area (Å²) in [6.45, 7) is 4.52. The summed E-state index contributed by atoms with van der Waals surface area (Å²) in [4.78, 5) is 32.6. The second-order valence-electron chi connectivity index (χ2n) is 7.01. The first kappa shape index (κ1) is 17.9. The van der Waals surface area contributed by atoms with E-state index in [-0.39, 0.29) is 23.1 Å². The average molecular weight is 382 g/mol. The molecule has 2 aromatic heterocycles. The van der Waals surface area contributed by atoms with Crippen LogP contribution in [-0.4, -0.2) is 39.3 Å². The highest BCUT2D eigenvalue weighted by Crippen LogP contribution is 2.15. The van der Waals surface area contributed by atoms with E-state index in [1.165, 1.54) is 27.5 Å². The van der Waals surface area contributed by atoms with Crippen molar-refractivity contribution in [3.63, 3.8) is 0 Å². The fraction of sp³-hybridized carbons (Fsp3) is 0.350. The number of nitrogens with one attached hydrogen (secondary N) is 1. The number of hydrogen-bond acceptors (Lipinski definition) is 5. The molecule has 3 aromatic rings. The van der Waals surface area contributed by atoms with Crippen LogP contribution in [0.2, 0.25) is 0 Å². The number of carbonyl (C=O) groups is 1. The molecule has 0 saturated carbocycles. The van der Waals surface area contributed by atoms with Crippen molar-refractivity contribution in [2.45, 2.75) is 32.4 Å². The van der Waals surface area contributed by atoms with Crippen molar-refractivity contribution >= 4 is 22.2 Å². The Morgan fingerprint density at radius 1 is 1.33 bits per heavy atom. The normalized spacial score (nSPS) is 17.9. The van der Waals surface area contributed by atoms with E-state index in [1.807, 2.05) is 30.5 Å². The molecule has 4 rings (SSSR count). The zero-order valence-electron chi connectivity index (χ0n) is 15.2. The Bertz CT molecular complexity index is 1010. The Morgan fingerprint density at radius 2 is 2.15 bits per heavy atom. The molecule has 1 aliphatic rings. The molecule has 1 amide bonds. The zero-order valence-corrected chi connectivity index (χ0v) is 16.0. The molecule has 1 N–H and O–H groups in total. The van der Waals surface area contributed by atoms with Crippen molar-refractivity contribution in [2.75, 3.05) is 13.1 Å². The molecule has 1 aliphatic heterocycles. The molecule has 0 radical (unpaired) electrons. The number of nitrogens with zero attached hydrogens (tertiary/aromatic N) is 3. The standard InChI is InChI=1S/C20H22N4O2S/c1-14-13-27-20-21-10-17(19(26)24(14)20)18(25)22-16-8-5-9-23(12-16)11-15-6-3-2-4-7-15/h2-4,6-7,10,13,16H,5,8-9,11-12H2,1H3,(H,22,25). The van der Waals surface area contributed by atoms with Gasteiger partial charge in [-0.05, 0) is 31.9 Å². The van der Waals surface area contributed by atoms with Crippen molar-refractivity contribution in [2.24, 2.45) is 0 Å². The highest BCUT2D eigenvalue weighted by molar-refractivity contribution is 7.15. The SMILES string of the molecule is Cc1csc2ncc(C(=O)NC3CCCN(Cc4ccccc4)C3)c(=O)n12. The van der Waals surface area contributed by atoms with Crippen molar-refractivity contribution in [1.29, 1.82) is 0 Å². The summed E-state index contributed by atoms with van der Waals surface area (Å²) in [6.07, 6.45) is 3.34. The molecular weight excluding hydrogens is 360 g/mol. The quantitative estimate of drug-likeness (QED) is 0.753. The maximum absolute atomic E-state index is 12.7. The average Bonchev–Trinajstić information content (AvgIpc) is 3.05. The van der Waals surface area contributed by atoms with Gasteiger partial charge in [0, 0.05) is 36.4 Å². The molecule has 1 aromatic carbocycles. The number of amides is 1. The van der Waals surface area contributed by atoms with Crippen molar-refractivity contribution in [3.8, 4) is 0 Å². The van der Waals surface area contributed by atoms with Gasteiger partial charge in [-0.25, -0.2) is 4.98 Å². The predicted molar refractivity (Wildman–Crippen MR) is 106 cm³/mol. The number of likely N-dealkylation sites (tertiary alicyclic amines) is 1. The molecule has 1 unspecified atom stereocenters. The molecule has 1 saturated heterocycles. The van der Waals surface area contributed by atoms with Crippen molar-refractivity contribution < 1.29 is 4.79 Å². The fourth-order valence-corrected chi connectivity index (χ4v) is 4.43. The number of piperidine rings is 1. The monoisotopic (exact) mass is 382 g/mol. The Labute approximate surface area is 161 Å². The first-order valence-electron chi connectivity index (χ1n) is 9.15. The summed E-state index contributed by atoms with van der Waals surface area (Å²) in [7, 11) is 0. The van der Waals surface area contributed by atoms with Crippen LogP contribution < -0.4 is 10.9 Å². The van der Waals surface area contributed by atoms with Crippen LogP contribution in [0.15, 0.2) is 46.7 Å². The largest absolute Gasteiger partial charge is 0.348 e. The van der Waals surface area contributed by atoms with Gasteiger partial charge in [0.1, 0.15) is 5.56 Å². The molecule has 0 aliphatic carbocycles. The third-order valence-corrected chi connectivity index (χ3v) is 5.91. The van der Waals surface area contributed by atoms with Gasteiger partial charge in [0.25, 0.3) is 11.5 Å². The number of rotatable bonds is 4. The smallest absolute Gasteiger partial charge is 0.271 e. The van der Waals surface area contributed by atoms with Gasteiger partial charge in [0.15, 0.2) is 4.96 Å². The second-order valence-corrected chi connectivity index (χ2v) is 7.84. The van der Waals surface area contributed by atoms with Crippen LogP contribution in [0, 0.1) is 6.92 Å². The lowest BCUT2D eigenvalue weighted by Gasteiger charge is -2.33. The van der Waals surface area contributed by atoms with E-state index in [0.29, 0.717) is 4.96 Å². The number of aromatic nitrogens is 2. The summed E-state index contributed by atoms with van der Waals surface area (Å²) in [6, 6.07) is 10.4. The molecular formula is C20H22N4O2S. The minimum absolute atomic E-state index is 0.0404. The Morgan fingerprint density at radius 3 is 2.96 bits per heavy atom. The first-order chi connectivity index (χ1) is 13.1. The van der Waals surface area contributed by atoms with Gasteiger partial charge in [-0.15, -0.1) is 11.3 Å². The lowest BCUT2D eigenvalue weighted by Crippen LogP contribution is -2.48. The number of fused-ring (bicyclic) bond motifs is 1. The van der Waals surface area contributed by atoms with Crippen molar-refractivity contribution in [1.82, 2.24) is 19.6 Å². The van der Waals surface area contributed by atoms with Crippen LogP contribution in [0.4, 0.5) is 0 Å². The van der Waals surface area contributed by atoms with Gasteiger partial charge < -0.3 is 5.32 Å². The van der Waals surface area contributed by atoms with Gasteiger partial charge in [-0.1, -0.05) is 30.3 Å². The van der Waals surface area contributed by atoms with Gasteiger partial charge in [0.2, 0.25) is 0 Å². The number of carbonyl (C=O) groups excluding carboxylic acids is 1.